The summed E-state index contributed by atoms with van der Waals surface area (Å²) in [6, 6.07) is 9.12. The molecular formula is C18H23N3O3. The van der Waals surface area contributed by atoms with Gasteiger partial charge in [0.15, 0.2) is 5.78 Å². The summed E-state index contributed by atoms with van der Waals surface area (Å²) in [7, 11) is 0. The molecule has 0 atom stereocenters. The predicted molar refractivity (Wildman–Crippen MR) is 91.0 cm³/mol. The van der Waals surface area contributed by atoms with Crippen LogP contribution in [0.15, 0.2) is 24.3 Å². The summed E-state index contributed by atoms with van der Waals surface area (Å²) < 4.78 is 5.39. The van der Waals surface area contributed by atoms with Crippen molar-refractivity contribution in [2.75, 3.05) is 31.1 Å². The Bertz CT molecular complexity index is 633. The number of Topliss-reactive ketones (excluding diaryl/α,β-unsaturated/α-hetero) is 1. The van der Waals surface area contributed by atoms with Gasteiger partial charge >= 0.3 is 6.09 Å². The molecule has 2 rings (SSSR count). The van der Waals surface area contributed by atoms with Crippen LogP contribution in [-0.4, -0.2) is 48.6 Å². The second kappa shape index (κ2) is 7.35. The minimum atomic E-state index is -0.486. The van der Waals surface area contributed by atoms with Crippen molar-refractivity contribution >= 4 is 17.6 Å². The number of nitrogens with zero attached hydrogens (tertiary/aromatic N) is 3. The van der Waals surface area contributed by atoms with Crippen molar-refractivity contribution in [1.29, 1.82) is 5.26 Å². The zero-order chi connectivity index (χ0) is 17.7. The average Bonchev–Trinajstić information content (AvgIpc) is 2.54. The Kier molecular flexibility index (Phi) is 5.45. The Morgan fingerprint density at radius 2 is 1.71 bits per heavy atom. The molecule has 1 amide bonds. The number of amides is 1. The van der Waals surface area contributed by atoms with Gasteiger partial charge in [-0.3, -0.25) is 4.79 Å². The first-order valence-corrected chi connectivity index (χ1v) is 8.03. The summed E-state index contributed by atoms with van der Waals surface area (Å²) in [5.41, 5.74) is 1.07. The van der Waals surface area contributed by atoms with Gasteiger partial charge in [-0.2, -0.15) is 5.26 Å². The number of nitriles is 1. The lowest BCUT2D eigenvalue weighted by atomic mass is 10.1. The van der Waals surface area contributed by atoms with E-state index in [-0.39, 0.29) is 18.3 Å². The molecule has 0 aliphatic carbocycles. The number of hydrogen-bond acceptors (Lipinski definition) is 5. The molecule has 1 aliphatic rings. The zero-order valence-corrected chi connectivity index (χ0v) is 14.4. The third-order valence-electron chi connectivity index (χ3n) is 3.73. The highest BCUT2D eigenvalue weighted by Crippen LogP contribution is 2.19. The summed E-state index contributed by atoms with van der Waals surface area (Å²) in [5.74, 6) is -0.168. The molecule has 0 aromatic heterocycles. The van der Waals surface area contributed by atoms with Gasteiger partial charge in [-0.05, 0) is 45.0 Å². The highest BCUT2D eigenvalue weighted by Gasteiger charge is 2.25. The Morgan fingerprint density at radius 1 is 1.12 bits per heavy atom. The van der Waals surface area contributed by atoms with E-state index in [0.717, 1.165) is 5.69 Å². The van der Waals surface area contributed by atoms with E-state index in [4.69, 9.17) is 10.00 Å². The van der Waals surface area contributed by atoms with E-state index >= 15 is 0 Å². The van der Waals surface area contributed by atoms with Crippen molar-refractivity contribution in [2.45, 2.75) is 32.8 Å². The molecule has 0 unspecified atom stereocenters. The second-order valence-electron chi connectivity index (χ2n) is 6.76. The molecule has 1 heterocycles. The van der Waals surface area contributed by atoms with Crippen LogP contribution in [-0.2, 0) is 4.74 Å². The lowest BCUT2D eigenvalue weighted by Gasteiger charge is -2.36. The van der Waals surface area contributed by atoms with Gasteiger partial charge in [0.2, 0.25) is 0 Å². The normalized spacial score (nSPS) is 14.9. The van der Waals surface area contributed by atoms with E-state index in [0.29, 0.717) is 31.7 Å². The van der Waals surface area contributed by atoms with E-state index < -0.39 is 5.60 Å². The molecule has 6 nitrogen and oxygen atoms in total. The first-order chi connectivity index (χ1) is 11.3. The maximum Gasteiger partial charge on any atom is 0.410 e. The van der Waals surface area contributed by atoms with Gasteiger partial charge in [-0.25, -0.2) is 4.79 Å². The average molecular weight is 329 g/mol. The SMILES string of the molecule is CC(C)(C)OC(=O)N1CCN(c2ccc(C(=O)CC#N)cc2)CC1. The number of carbonyl (C=O) groups is 2. The molecule has 1 fully saturated rings. The lowest BCUT2D eigenvalue weighted by Crippen LogP contribution is -2.50. The number of ether oxygens (including phenoxy) is 1. The molecule has 0 bridgehead atoms. The standard InChI is InChI=1S/C18H23N3O3/c1-18(2,3)24-17(23)21-12-10-20(11-13-21)15-6-4-14(5-7-15)16(22)8-9-19/h4-7H,8,10-13H2,1-3H3. The van der Waals surface area contributed by atoms with Gasteiger partial charge in [0, 0.05) is 37.4 Å². The van der Waals surface area contributed by atoms with Crippen LogP contribution in [0.5, 0.6) is 0 Å². The Hall–Kier alpha value is -2.55. The molecule has 1 aliphatic heterocycles. The van der Waals surface area contributed by atoms with Crippen molar-refractivity contribution in [1.82, 2.24) is 4.90 Å². The molecule has 24 heavy (non-hydrogen) atoms. The van der Waals surface area contributed by atoms with Gasteiger partial charge in [-0.1, -0.05) is 0 Å². The molecule has 1 saturated heterocycles. The van der Waals surface area contributed by atoms with Crippen LogP contribution in [0.4, 0.5) is 10.5 Å². The minimum absolute atomic E-state index is 0.103. The number of ketones is 1. The quantitative estimate of drug-likeness (QED) is 0.797. The first-order valence-electron chi connectivity index (χ1n) is 8.03. The highest BCUT2D eigenvalue weighted by atomic mass is 16.6. The Morgan fingerprint density at radius 3 is 2.21 bits per heavy atom. The van der Waals surface area contributed by atoms with E-state index in [1.54, 1.807) is 17.0 Å². The van der Waals surface area contributed by atoms with Gasteiger partial charge in [-0.15, -0.1) is 0 Å². The first kappa shape index (κ1) is 17.8. The highest BCUT2D eigenvalue weighted by molar-refractivity contribution is 5.97. The summed E-state index contributed by atoms with van der Waals surface area (Å²) in [6.45, 7) is 8.20. The van der Waals surface area contributed by atoms with Gasteiger partial charge < -0.3 is 14.5 Å². The minimum Gasteiger partial charge on any atom is -0.444 e. The van der Waals surface area contributed by atoms with Crippen molar-refractivity contribution in [3.8, 4) is 6.07 Å². The Labute approximate surface area is 142 Å². The molecule has 0 spiro atoms. The van der Waals surface area contributed by atoms with Crippen LogP contribution in [0.2, 0.25) is 0 Å². The third-order valence-corrected chi connectivity index (χ3v) is 3.73. The van der Waals surface area contributed by atoms with Crippen LogP contribution in [0.1, 0.15) is 37.6 Å². The van der Waals surface area contributed by atoms with Gasteiger partial charge in [0.05, 0.1) is 12.5 Å². The zero-order valence-electron chi connectivity index (χ0n) is 14.4. The molecule has 0 radical (unpaired) electrons. The largest absolute Gasteiger partial charge is 0.444 e. The summed E-state index contributed by atoms with van der Waals surface area (Å²) >= 11 is 0. The number of carbonyl (C=O) groups excluding carboxylic acids is 2. The van der Waals surface area contributed by atoms with Crippen molar-refractivity contribution in [2.24, 2.45) is 0 Å². The fraction of sp³-hybridized carbons (Fsp3) is 0.500. The van der Waals surface area contributed by atoms with E-state index in [1.165, 1.54) is 0 Å². The molecule has 1 aromatic carbocycles. The van der Waals surface area contributed by atoms with Crippen LogP contribution in [0.3, 0.4) is 0 Å². The number of rotatable bonds is 3. The van der Waals surface area contributed by atoms with Crippen molar-refractivity contribution in [3.05, 3.63) is 29.8 Å². The topological polar surface area (TPSA) is 73.6 Å². The van der Waals surface area contributed by atoms with Gasteiger partial charge in [0.1, 0.15) is 5.60 Å². The number of anilines is 1. The second-order valence-corrected chi connectivity index (χ2v) is 6.76. The fourth-order valence-electron chi connectivity index (χ4n) is 2.51. The van der Waals surface area contributed by atoms with Crippen LogP contribution in [0.25, 0.3) is 0 Å². The van der Waals surface area contributed by atoms with Crippen molar-refractivity contribution < 1.29 is 14.3 Å². The Balaban J connectivity index is 1.92. The van der Waals surface area contributed by atoms with Gasteiger partial charge in [0.25, 0.3) is 0 Å². The number of hydrogen-bond donors (Lipinski definition) is 0. The summed E-state index contributed by atoms with van der Waals surface area (Å²) in [4.78, 5) is 27.6. The maximum absolute atomic E-state index is 12.1. The molecule has 6 heteroatoms. The third kappa shape index (κ3) is 4.72. The van der Waals surface area contributed by atoms with E-state index in [1.807, 2.05) is 39.0 Å². The molecule has 1 aromatic rings. The molecule has 128 valence electrons. The van der Waals surface area contributed by atoms with Crippen molar-refractivity contribution in [3.63, 3.8) is 0 Å². The maximum atomic E-state index is 12.1. The smallest absolute Gasteiger partial charge is 0.410 e. The van der Waals surface area contributed by atoms with Crippen LogP contribution in [0, 0.1) is 11.3 Å². The van der Waals surface area contributed by atoms with E-state index in [9.17, 15) is 9.59 Å². The van der Waals surface area contributed by atoms with E-state index in [2.05, 4.69) is 4.90 Å². The fourth-order valence-corrected chi connectivity index (χ4v) is 2.51. The predicted octanol–water partition coefficient (Wildman–Crippen LogP) is 2.84. The summed E-state index contributed by atoms with van der Waals surface area (Å²) in [5, 5.41) is 8.58. The monoisotopic (exact) mass is 329 g/mol. The van der Waals surface area contributed by atoms with Crippen LogP contribution >= 0.6 is 0 Å². The molecular weight excluding hydrogens is 306 g/mol. The van der Waals surface area contributed by atoms with Crippen LogP contribution < -0.4 is 4.90 Å². The number of benzene rings is 1. The lowest BCUT2D eigenvalue weighted by molar-refractivity contribution is 0.0240. The molecule has 0 N–H and O–H groups in total. The summed E-state index contributed by atoms with van der Waals surface area (Å²) in [6.07, 6.45) is -0.381. The number of piperazine rings is 1. The molecule has 0 saturated carbocycles.